The van der Waals surface area contributed by atoms with Crippen molar-refractivity contribution in [2.75, 3.05) is 18.5 Å². The molecular weight excluding hydrogens is 488 g/mol. The number of hydrogen-bond acceptors (Lipinski definition) is 8. The van der Waals surface area contributed by atoms with Gasteiger partial charge in [-0.3, -0.25) is 0 Å². The summed E-state index contributed by atoms with van der Waals surface area (Å²) in [6, 6.07) is 21.1. The molecule has 4 aromatic rings. The van der Waals surface area contributed by atoms with E-state index >= 15 is 0 Å². The van der Waals surface area contributed by atoms with Crippen molar-refractivity contribution in [1.82, 2.24) is 15.5 Å². The highest BCUT2D eigenvalue weighted by molar-refractivity contribution is 6.03. The van der Waals surface area contributed by atoms with Crippen LogP contribution in [0.3, 0.4) is 0 Å². The average Bonchev–Trinajstić information content (AvgIpc) is 3.43. The second-order valence-electron chi connectivity index (χ2n) is 7.95. The lowest BCUT2D eigenvalue weighted by Crippen LogP contribution is -2.34. The molecule has 0 spiro atoms. The first-order valence-electron chi connectivity index (χ1n) is 12.0. The number of amides is 2. The van der Waals surface area contributed by atoms with E-state index in [1.807, 2.05) is 60.7 Å². The Hall–Kier alpha value is -4.99. The molecule has 2 amide bonds. The second kappa shape index (κ2) is 12.3. The van der Waals surface area contributed by atoms with Crippen molar-refractivity contribution in [3.05, 3.63) is 101 Å². The first-order chi connectivity index (χ1) is 18.5. The van der Waals surface area contributed by atoms with Crippen LogP contribution in [0.15, 0.2) is 83.3 Å². The fourth-order valence-electron chi connectivity index (χ4n) is 3.65. The number of carbonyl (C=O) groups is 3. The van der Waals surface area contributed by atoms with E-state index < -0.39 is 24.0 Å². The minimum Gasteiger partial charge on any atom is -0.462 e. The van der Waals surface area contributed by atoms with Crippen LogP contribution in [0.2, 0.25) is 0 Å². The monoisotopic (exact) mass is 514 g/mol. The van der Waals surface area contributed by atoms with Gasteiger partial charge in [-0.15, -0.1) is 10.2 Å². The lowest BCUT2D eigenvalue weighted by molar-refractivity contribution is 0.0512. The van der Waals surface area contributed by atoms with Crippen molar-refractivity contribution in [3.63, 3.8) is 0 Å². The Morgan fingerprint density at radius 2 is 1.50 bits per heavy atom. The summed E-state index contributed by atoms with van der Waals surface area (Å²) < 4.78 is 16.1. The fourth-order valence-corrected chi connectivity index (χ4v) is 3.65. The maximum absolute atomic E-state index is 13.2. The zero-order valence-electron chi connectivity index (χ0n) is 20.8. The van der Waals surface area contributed by atoms with Crippen molar-refractivity contribution in [2.24, 2.45) is 0 Å². The van der Waals surface area contributed by atoms with Crippen LogP contribution in [0.5, 0.6) is 0 Å². The lowest BCUT2D eigenvalue weighted by atomic mass is 10.1. The molecule has 2 N–H and O–H groups in total. The van der Waals surface area contributed by atoms with Crippen LogP contribution in [-0.2, 0) is 9.47 Å². The van der Waals surface area contributed by atoms with Crippen LogP contribution < -0.4 is 10.6 Å². The molecule has 0 aliphatic carbocycles. The Morgan fingerprint density at radius 1 is 0.842 bits per heavy atom. The van der Waals surface area contributed by atoms with Gasteiger partial charge in [0.05, 0.1) is 30.0 Å². The van der Waals surface area contributed by atoms with Crippen LogP contribution >= 0.6 is 0 Å². The zero-order chi connectivity index (χ0) is 26.9. The quantitative estimate of drug-likeness (QED) is 0.298. The summed E-state index contributed by atoms with van der Waals surface area (Å²) in [5, 5.41) is 13.8. The minimum absolute atomic E-state index is 0.0776. The minimum atomic E-state index is -0.805. The standard InChI is InChI=1S/C28H26N4O6/c1-3-36-26(33)20-15-16-21(27(34)37-4-2)22(17-20)29-28(35)30-23(18-11-7-5-8-12-18)25-32-31-24(38-25)19-13-9-6-10-14-19/h5-17,23H,3-4H2,1-2H3,(H2,29,30,35)/t23-/m1/s1. The summed E-state index contributed by atoms with van der Waals surface area (Å²) in [5.41, 5.74) is 1.75. The van der Waals surface area contributed by atoms with Crippen LogP contribution in [-0.4, -0.2) is 41.4 Å². The number of rotatable bonds is 9. The highest BCUT2D eigenvalue weighted by Gasteiger charge is 2.25. The number of benzene rings is 3. The smallest absolute Gasteiger partial charge is 0.340 e. The van der Waals surface area contributed by atoms with E-state index in [0.29, 0.717) is 11.5 Å². The van der Waals surface area contributed by atoms with Gasteiger partial charge in [-0.05, 0) is 49.7 Å². The number of urea groups is 1. The molecule has 3 aromatic carbocycles. The molecule has 0 saturated carbocycles. The average molecular weight is 515 g/mol. The van der Waals surface area contributed by atoms with Crippen LogP contribution in [0.4, 0.5) is 10.5 Å². The Balaban J connectivity index is 1.63. The maximum Gasteiger partial charge on any atom is 0.340 e. The molecular formula is C28H26N4O6. The van der Waals surface area contributed by atoms with E-state index in [9.17, 15) is 14.4 Å². The summed E-state index contributed by atoms with van der Waals surface area (Å²) >= 11 is 0. The van der Waals surface area contributed by atoms with Crippen LogP contribution in [0.1, 0.15) is 52.1 Å². The first-order valence-corrected chi connectivity index (χ1v) is 12.0. The van der Waals surface area contributed by atoms with Gasteiger partial charge < -0.3 is 24.5 Å². The third kappa shape index (κ3) is 6.22. The Bertz CT molecular complexity index is 1410. The summed E-state index contributed by atoms with van der Waals surface area (Å²) in [7, 11) is 0. The SMILES string of the molecule is CCOC(=O)c1ccc(C(=O)OCC)c(NC(=O)N[C@H](c2ccccc2)c2nnc(-c3ccccc3)o2)c1. The van der Waals surface area contributed by atoms with E-state index in [0.717, 1.165) is 5.56 Å². The molecule has 10 heteroatoms. The predicted octanol–water partition coefficient (Wildman–Crippen LogP) is 5.00. The molecule has 1 aromatic heterocycles. The predicted molar refractivity (Wildman–Crippen MR) is 139 cm³/mol. The van der Waals surface area contributed by atoms with Gasteiger partial charge in [-0.2, -0.15) is 0 Å². The van der Waals surface area contributed by atoms with E-state index in [2.05, 4.69) is 20.8 Å². The van der Waals surface area contributed by atoms with Gasteiger partial charge in [-0.1, -0.05) is 48.5 Å². The van der Waals surface area contributed by atoms with Gasteiger partial charge in [-0.25, -0.2) is 14.4 Å². The van der Waals surface area contributed by atoms with Crippen molar-refractivity contribution >= 4 is 23.7 Å². The Morgan fingerprint density at radius 3 is 2.18 bits per heavy atom. The Labute approximate surface area is 219 Å². The van der Waals surface area contributed by atoms with Crippen LogP contribution in [0.25, 0.3) is 11.5 Å². The highest BCUT2D eigenvalue weighted by Crippen LogP contribution is 2.26. The van der Waals surface area contributed by atoms with Gasteiger partial charge >= 0.3 is 18.0 Å². The third-order valence-electron chi connectivity index (χ3n) is 5.39. The Kier molecular flexibility index (Phi) is 8.45. The number of anilines is 1. The summed E-state index contributed by atoms with van der Waals surface area (Å²) in [6.07, 6.45) is 0. The second-order valence-corrected chi connectivity index (χ2v) is 7.95. The molecule has 0 bridgehead atoms. The van der Waals surface area contributed by atoms with Gasteiger partial charge in [0.15, 0.2) is 0 Å². The van der Waals surface area contributed by atoms with Crippen molar-refractivity contribution in [1.29, 1.82) is 0 Å². The molecule has 0 fully saturated rings. The van der Waals surface area contributed by atoms with Gasteiger partial charge in [0.1, 0.15) is 6.04 Å². The maximum atomic E-state index is 13.2. The molecule has 0 aliphatic rings. The summed E-state index contributed by atoms with van der Waals surface area (Å²) in [4.78, 5) is 38.0. The van der Waals surface area contributed by atoms with Crippen molar-refractivity contribution in [2.45, 2.75) is 19.9 Å². The number of esters is 2. The summed E-state index contributed by atoms with van der Waals surface area (Å²) in [6.45, 7) is 3.67. The lowest BCUT2D eigenvalue weighted by Gasteiger charge is -2.18. The number of nitrogens with zero attached hydrogens (tertiary/aromatic N) is 2. The number of ether oxygens (including phenoxy) is 2. The topological polar surface area (TPSA) is 133 Å². The number of hydrogen-bond donors (Lipinski definition) is 2. The molecule has 0 saturated heterocycles. The zero-order valence-corrected chi connectivity index (χ0v) is 20.8. The van der Waals surface area contributed by atoms with Gasteiger partial charge in [0.2, 0.25) is 11.8 Å². The van der Waals surface area contributed by atoms with Gasteiger partial charge in [0.25, 0.3) is 0 Å². The van der Waals surface area contributed by atoms with E-state index in [-0.39, 0.29) is 35.9 Å². The molecule has 38 heavy (non-hydrogen) atoms. The largest absolute Gasteiger partial charge is 0.462 e. The molecule has 0 radical (unpaired) electrons. The van der Waals surface area contributed by atoms with E-state index in [1.54, 1.807) is 13.8 Å². The molecule has 4 rings (SSSR count). The normalized spacial score (nSPS) is 11.3. The van der Waals surface area contributed by atoms with Crippen molar-refractivity contribution < 1.29 is 28.3 Å². The molecule has 0 unspecified atom stereocenters. The first kappa shape index (κ1) is 26.1. The number of carbonyl (C=O) groups excluding carboxylic acids is 3. The molecule has 0 aliphatic heterocycles. The number of nitrogens with one attached hydrogen (secondary N) is 2. The van der Waals surface area contributed by atoms with Gasteiger partial charge in [0, 0.05) is 5.56 Å². The molecule has 1 heterocycles. The van der Waals surface area contributed by atoms with E-state index in [1.165, 1.54) is 18.2 Å². The third-order valence-corrected chi connectivity index (χ3v) is 5.39. The highest BCUT2D eigenvalue weighted by atomic mass is 16.5. The fraction of sp³-hybridized carbons (Fsp3) is 0.179. The van der Waals surface area contributed by atoms with Crippen LogP contribution in [0, 0.1) is 0 Å². The molecule has 10 nitrogen and oxygen atoms in total. The van der Waals surface area contributed by atoms with Crippen molar-refractivity contribution in [3.8, 4) is 11.5 Å². The summed E-state index contributed by atoms with van der Waals surface area (Å²) in [5.74, 6) is -0.776. The number of aromatic nitrogens is 2. The van der Waals surface area contributed by atoms with E-state index in [4.69, 9.17) is 13.9 Å². The molecule has 194 valence electrons. The molecule has 1 atom stereocenters.